The second-order valence-corrected chi connectivity index (χ2v) is 5.64. The van der Waals surface area contributed by atoms with Crippen LogP contribution in [0.25, 0.3) is 11.3 Å². The minimum atomic E-state index is -1.32. The van der Waals surface area contributed by atoms with Gasteiger partial charge >= 0.3 is 5.97 Å². The summed E-state index contributed by atoms with van der Waals surface area (Å²) in [5.41, 5.74) is 5.55. The van der Waals surface area contributed by atoms with E-state index >= 15 is 0 Å². The van der Waals surface area contributed by atoms with Crippen LogP contribution in [-0.4, -0.2) is 20.9 Å². The third-order valence-corrected chi connectivity index (χ3v) is 3.30. The summed E-state index contributed by atoms with van der Waals surface area (Å²) in [4.78, 5) is 23.4. The maximum atomic E-state index is 13.6. The van der Waals surface area contributed by atoms with Crippen LogP contribution in [0.1, 0.15) is 29.8 Å². The predicted octanol–water partition coefficient (Wildman–Crippen LogP) is 1.86. The third kappa shape index (κ3) is 3.62. The molecule has 0 spiro atoms. The zero-order chi connectivity index (χ0) is 17.1. The van der Waals surface area contributed by atoms with Gasteiger partial charge in [-0.15, -0.1) is 0 Å². The van der Waals surface area contributed by atoms with Crippen LogP contribution in [0.3, 0.4) is 0 Å². The molecule has 0 aliphatic heterocycles. The van der Waals surface area contributed by atoms with Gasteiger partial charge in [0.2, 0.25) is 0 Å². The number of carbonyl (C=O) groups is 1. The van der Waals surface area contributed by atoms with E-state index in [9.17, 15) is 19.1 Å². The van der Waals surface area contributed by atoms with Crippen LogP contribution in [0.4, 0.5) is 4.39 Å². The molecule has 0 fully saturated rings. The van der Waals surface area contributed by atoms with Gasteiger partial charge in [-0.05, 0) is 30.2 Å². The van der Waals surface area contributed by atoms with E-state index in [0.717, 1.165) is 4.68 Å². The number of nitrogens with two attached hydrogens (primary N) is 1. The quantitative estimate of drug-likeness (QED) is 0.876. The molecule has 0 amide bonds. The molecule has 6 nitrogen and oxygen atoms in total. The molecule has 0 atom stereocenters. The van der Waals surface area contributed by atoms with Crippen molar-refractivity contribution in [1.29, 1.82) is 0 Å². The number of rotatable bonds is 5. The number of carboxylic acids is 1. The monoisotopic (exact) mass is 319 g/mol. The Kier molecular flexibility index (Phi) is 4.90. The number of aromatic nitrogens is 2. The summed E-state index contributed by atoms with van der Waals surface area (Å²) in [6, 6.07) is 5.44. The summed E-state index contributed by atoms with van der Waals surface area (Å²) in [7, 11) is 0. The zero-order valence-electron chi connectivity index (χ0n) is 12.9. The first kappa shape index (κ1) is 16.8. The van der Waals surface area contributed by atoms with Crippen molar-refractivity contribution in [2.45, 2.75) is 26.9 Å². The average molecular weight is 319 g/mol. The predicted molar refractivity (Wildman–Crippen MR) is 83.6 cm³/mol. The van der Waals surface area contributed by atoms with Gasteiger partial charge in [0.05, 0.1) is 5.69 Å². The van der Waals surface area contributed by atoms with Gasteiger partial charge in [-0.1, -0.05) is 13.8 Å². The Morgan fingerprint density at radius 2 is 2.09 bits per heavy atom. The fourth-order valence-corrected chi connectivity index (χ4v) is 2.20. The van der Waals surface area contributed by atoms with E-state index < -0.39 is 17.3 Å². The second kappa shape index (κ2) is 6.70. The fraction of sp³-hybridized carbons (Fsp3) is 0.312. The highest BCUT2D eigenvalue weighted by Gasteiger charge is 2.16. The highest BCUT2D eigenvalue weighted by molar-refractivity contribution is 5.88. The van der Waals surface area contributed by atoms with Gasteiger partial charge in [0, 0.05) is 24.2 Å². The molecule has 0 radical (unpaired) electrons. The van der Waals surface area contributed by atoms with Crippen LogP contribution in [-0.2, 0) is 13.1 Å². The molecule has 7 heteroatoms. The summed E-state index contributed by atoms with van der Waals surface area (Å²) >= 11 is 0. The molecule has 1 aromatic heterocycles. The van der Waals surface area contributed by atoms with Gasteiger partial charge in [-0.3, -0.25) is 4.79 Å². The van der Waals surface area contributed by atoms with E-state index in [1.54, 1.807) is 0 Å². The Bertz CT molecular complexity index is 800. The van der Waals surface area contributed by atoms with Gasteiger partial charge in [0.25, 0.3) is 5.56 Å². The van der Waals surface area contributed by atoms with Gasteiger partial charge in [0.1, 0.15) is 11.4 Å². The standard InChI is InChI=1S/C16H18FN3O3/c1-9(2)8-20-15(21)12(16(22)23)6-14(19-20)10-3-4-13(17)11(5-10)7-18/h3-6,9H,7-8,18H2,1-2H3,(H,22,23). The van der Waals surface area contributed by atoms with E-state index in [0.29, 0.717) is 11.1 Å². The minimum Gasteiger partial charge on any atom is -0.477 e. The molecule has 0 unspecified atom stereocenters. The number of benzene rings is 1. The Hall–Kier alpha value is -2.54. The molecule has 0 saturated carbocycles. The van der Waals surface area contributed by atoms with Gasteiger partial charge in [-0.25, -0.2) is 13.9 Å². The summed E-state index contributed by atoms with van der Waals surface area (Å²) in [6.07, 6.45) is 0. The molecular formula is C16H18FN3O3. The molecule has 1 aromatic carbocycles. The van der Waals surface area contributed by atoms with Crippen molar-refractivity contribution in [3.63, 3.8) is 0 Å². The lowest BCUT2D eigenvalue weighted by Gasteiger charge is -2.12. The molecule has 2 aromatic rings. The Labute approximate surface area is 132 Å². The van der Waals surface area contributed by atoms with E-state index in [4.69, 9.17) is 5.73 Å². The molecule has 0 saturated heterocycles. The van der Waals surface area contributed by atoms with Crippen molar-refractivity contribution in [2.75, 3.05) is 0 Å². The summed E-state index contributed by atoms with van der Waals surface area (Å²) in [5.74, 6) is -1.65. The topological polar surface area (TPSA) is 98.2 Å². The summed E-state index contributed by atoms with van der Waals surface area (Å²) in [6.45, 7) is 4.09. The summed E-state index contributed by atoms with van der Waals surface area (Å²) in [5, 5.41) is 13.4. The SMILES string of the molecule is CC(C)Cn1nc(-c2ccc(F)c(CN)c2)cc(C(=O)O)c1=O. The lowest BCUT2D eigenvalue weighted by atomic mass is 10.1. The highest BCUT2D eigenvalue weighted by atomic mass is 19.1. The van der Waals surface area contributed by atoms with Crippen molar-refractivity contribution in [2.24, 2.45) is 11.7 Å². The van der Waals surface area contributed by atoms with Crippen LogP contribution < -0.4 is 11.3 Å². The van der Waals surface area contributed by atoms with Crippen LogP contribution in [0.15, 0.2) is 29.1 Å². The van der Waals surface area contributed by atoms with Crippen molar-refractivity contribution in [3.05, 3.63) is 51.6 Å². The normalized spacial score (nSPS) is 11.0. The molecule has 0 bridgehead atoms. The first-order valence-electron chi connectivity index (χ1n) is 7.17. The van der Waals surface area contributed by atoms with E-state index in [2.05, 4.69) is 5.10 Å². The zero-order valence-corrected chi connectivity index (χ0v) is 12.9. The molecule has 1 heterocycles. The molecule has 2 rings (SSSR count). The number of hydrogen-bond acceptors (Lipinski definition) is 4. The Morgan fingerprint density at radius 3 is 2.65 bits per heavy atom. The maximum Gasteiger partial charge on any atom is 0.341 e. The molecule has 23 heavy (non-hydrogen) atoms. The first-order valence-corrected chi connectivity index (χ1v) is 7.17. The van der Waals surface area contributed by atoms with Gasteiger partial charge in [-0.2, -0.15) is 5.10 Å². The van der Waals surface area contributed by atoms with E-state index in [1.807, 2.05) is 13.8 Å². The van der Waals surface area contributed by atoms with Crippen molar-refractivity contribution < 1.29 is 14.3 Å². The fourth-order valence-electron chi connectivity index (χ4n) is 2.20. The van der Waals surface area contributed by atoms with Gasteiger partial charge < -0.3 is 10.8 Å². The number of carboxylic acid groups (broad SMARTS) is 1. The molecule has 0 aliphatic carbocycles. The average Bonchev–Trinajstić information content (AvgIpc) is 2.49. The van der Waals surface area contributed by atoms with Crippen molar-refractivity contribution in [1.82, 2.24) is 9.78 Å². The Balaban J connectivity index is 2.64. The van der Waals surface area contributed by atoms with Gasteiger partial charge in [0.15, 0.2) is 0 Å². The largest absolute Gasteiger partial charge is 0.477 e. The molecular weight excluding hydrogens is 301 g/mol. The smallest absolute Gasteiger partial charge is 0.341 e. The van der Waals surface area contributed by atoms with Crippen LogP contribution in [0, 0.1) is 11.7 Å². The van der Waals surface area contributed by atoms with Crippen LogP contribution >= 0.6 is 0 Å². The number of halogens is 1. The third-order valence-electron chi connectivity index (χ3n) is 3.30. The lowest BCUT2D eigenvalue weighted by Crippen LogP contribution is -2.30. The second-order valence-electron chi connectivity index (χ2n) is 5.64. The minimum absolute atomic E-state index is 0.0110. The number of nitrogens with zero attached hydrogens (tertiary/aromatic N) is 2. The van der Waals surface area contributed by atoms with E-state index in [1.165, 1.54) is 24.3 Å². The first-order chi connectivity index (χ1) is 10.8. The molecule has 0 aliphatic rings. The van der Waals surface area contributed by atoms with Crippen LogP contribution in [0.2, 0.25) is 0 Å². The molecule has 3 N–H and O–H groups in total. The molecule has 122 valence electrons. The van der Waals surface area contributed by atoms with Crippen molar-refractivity contribution >= 4 is 5.97 Å². The highest BCUT2D eigenvalue weighted by Crippen LogP contribution is 2.20. The summed E-state index contributed by atoms with van der Waals surface area (Å²) < 4.78 is 14.7. The Morgan fingerprint density at radius 1 is 1.39 bits per heavy atom. The van der Waals surface area contributed by atoms with Crippen molar-refractivity contribution in [3.8, 4) is 11.3 Å². The number of aromatic carboxylic acids is 1. The number of hydrogen-bond donors (Lipinski definition) is 2. The maximum absolute atomic E-state index is 13.6. The van der Waals surface area contributed by atoms with E-state index in [-0.39, 0.29) is 30.3 Å². The van der Waals surface area contributed by atoms with Crippen LogP contribution in [0.5, 0.6) is 0 Å². The lowest BCUT2D eigenvalue weighted by molar-refractivity contribution is 0.0693.